The Morgan fingerprint density at radius 2 is 2.09 bits per heavy atom. The van der Waals surface area contributed by atoms with Gasteiger partial charge in [-0.25, -0.2) is 0 Å². The van der Waals surface area contributed by atoms with E-state index in [1.165, 1.54) is 5.56 Å². The van der Waals surface area contributed by atoms with Crippen molar-refractivity contribution in [2.45, 2.75) is 44.8 Å². The fraction of sp³-hybridized carbons (Fsp3) is 0.529. The van der Waals surface area contributed by atoms with Crippen LogP contribution in [0.5, 0.6) is 0 Å². The minimum atomic E-state index is -0.325. The molecule has 2 heterocycles. The molecule has 0 saturated carbocycles. The van der Waals surface area contributed by atoms with E-state index in [1.54, 1.807) is 4.90 Å². The van der Waals surface area contributed by atoms with Gasteiger partial charge in [0.15, 0.2) is 0 Å². The number of amides is 2. The summed E-state index contributed by atoms with van der Waals surface area (Å²) in [5, 5.41) is 6.31. The van der Waals surface area contributed by atoms with Gasteiger partial charge in [-0.3, -0.25) is 9.59 Å². The number of hydrogen-bond donors (Lipinski definition) is 2. The Morgan fingerprint density at radius 1 is 1.32 bits per heavy atom. The summed E-state index contributed by atoms with van der Waals surface area (Å²) in [5.41, 5.74) is 2.26. The van der Waals surface area contributed by atoms with Crippen molar-refractivity contribution in [2.75, 3.05) is 13.1 Å². The summed E-state index contributed by atoms with van der Waals surface area (Å²) in [6, 6.07) is 8.00. The number of hydrogen-bond acceptors (Lipinski definition) is 3. The smallest absolute Gasteiger partial charge is 0.243 e. The van der Waals surface area contributed by atoms with Crippen LogP contribution >= 0.6 is 0 Å². The molecule has 2 N–H and O–H groups in total. The quantitative estimate of drug-likeness (QED) is 0.871. The number of likely N-dealkylation sites (tertiary alicyclic amines) is 1. The lowest BCUT2D eigenvalue weighted by Gasteiger charge is -2.25. The van der Waals surface area contributed by atoms with Crippen LogP contribution in [-0.2, 0) is 16.1 Å². The summed E-state index contributed by atoms with van der Waals surface area (Å²) in [6.45, 7) is 4.32. The highest BCUT2D eigenvalue weighted by Crippen LogP contribution is 2.22. The van der Waals surface area contributed by atoms with E-state index in [2.05, 4.69) is 10.6 Å². The topological polar surface area (TPSA) is 61.4 Å². The van der Waals surface area contributed by atoms with Crippen molar-refractivity contribution < 1.29 is 9.59 Å². The predicted molar refractivity (Wildman–Crippen MR) is 84.2 cm³/mol. The molecule has 2 atom stereocenters. The van der Waals surface area contributed by atoms with Crippen molar-refractivity contribution in [3.63, 3.8) is 0 Å². The zero-order valence-corrected chi connectivity index (χ0v) is 13.0. The van der Waals surface area contributed by atoms with Crippen LogP contribution in [0.25, 0.3) is 0 Å². The zero-order chi connectivity index (χ0) is 15.5. The highest BCUT2D eigenvalue weighted by Gasteiger charge is 2.36. The number of nitrogens with one attached hydrogen (secondary N) is 2. The minimum absolute atomic E-state index is 0.00772. The molecule has 22 heavy (non-hydrogen) atoms. The van der Waals surface area contributed by atoms with Crippen LogP contribution in [0.3, 0.4) is 0 Å². The molecule has 2 aliphatic heterocycles. The highest BCUT2D eigenvalue weighted by atomic mass is 16.2. The second-order valence-corrected chi connectivity index (χ2v) is 6.26. The Morgan fingerprint density at radius 3 is 2.77 bits per heavy atom. The maximum absolute atomic E-state index is 12.5. The second-order valence-electron chi connectivity index (χ2n) is 6.26. The van der Waals surface area contributed by atoms with Gasteiger partial charge in [0.1, 0.15) is 6.04 Å². The molecule has 3 rings (SSSR count). The van der Waals surface area contributed by atoms with Crippen LogP contribution in [0.4, 0.5) is 0 Å². The summed E-state index contributed by atoms with van der Waals surface area (Å²) in [5.74, 6) is 0.0666. The molecule has 2 unspecified atom stereocenters. The van der Waals surface area contributed by atoms with Crippen LogP contribution in [0.15, 0.2) is 24.3 Å². The Bertz CT molecular complexity index is 550. The molecular formula is C17H23N3O2. The first-order chi connectivity index (χ1) is 10.6. The van der Waals surface area contributed by atoms with Gasteiger partial charge in [-0.2, -0.15) is 0 Å². The highest BCUT2D eigenvalue weighted by molar-refractivity contribution is 5.91. The maximum Gasteiger partial charge on any atom is 0.243 e. The molecule has 1 aromatic rings. The fourth-order valence-corrected chi connectivity index (χ4v) is 3.17. The van der Waals surface area contributed by atoms with E-state index >= 15 is 0 Å². The van der Waals surface area contributed by atoms with Gasteiger partial charge in [-0.05, 0) is 31.9 Å². The average molecular weight is 301 g/mol. The normalized spacial score (nSPS) is 24.8. The van der Waals surface area contributed by atoms with Crippen molar-refractivity contribution in [2.24, 2.45) is 0 Å². The number of carbonyl (C=O) groups excluding carboxylic acids is 2. The number of nitrogens with zero attached hydrogens (tertiary/aromatic N) is 1. The van der Waals surface area contributed by atoms with Crippen molar-refractivity contribution in [3.8, 4) is 0 Å². The summed E-state index contributed by atoms with van der Waals surface area (Å²) >= 11 is 0. The zero-order valence-electron chi connectivity index (χ0n) is 13.0. The molecule has 0 radical (unpaired) electrons. The second kappa shape index (κ2) is 6.48. The monoisotopic (exact) mass is 301 g/mol. The van der Waals surface area contributed by atoms with Gasteiger partial charge in [0, 0.05) is 25.6 Å². The molecule has 0 aromatic heterocycles. The van der Waals surface area contributed by atoms with Gasteiger partial charge in [-0.1, -0.05) is 29.8 Å². The predicted octanol–water partition coefficient (Wildman–Crippen LogP) is 0.964. The van der Waals surface area contributed by atoms with Gasteiger partial charge >= 0.3 is 0 Å². The lowest BCUT2D eigenvalue weighted by atomic mass is 10.1. The largest absolute Gasteiger partial charge is 0.350 e. The molecule has 2 fully saturated rings. The van der Waals surface area contributed by atoms with Crippen molar-refractivity contribution in [3.05, 3.63) is 35.4 Å². The van der Waals surface area contributed by atoms with Crippen molar-refractivity contribution >= 4 is 11.8 Å². The minimum Gasteiger partial charge on any atom is -0.350 e. The summed E-state index contributed by atoms with van der Waals surface area (Å²) < 4.78 is 0. The third kappa shape index (κ3) is 3.30. The number of rotatable bonds is 4. The maximum atomic E-state index is 12.5. The standard InChI is InChI=1S/C17H23N3O2/c1-12-2-4-13(5-3-12)11-20-15(6-7-16(20)21)17(22)19-14-8-9-18-10-14/h2-5,14-15,18H,6-11H2,1H3,(H,19,22). The molecule has 5 nitrogen and oxygen atoms in total. The van der Waals surface area contributed by atoms with Crippen molar-refractivity contribution in [1.82, 2.24) is 15.5 Å². The van der Waals surface area contributed by atoms with E-state index in [1.807, 2.05) is 31.2 Å². The van der Waals surface area contributed by atoms with Crippen LogP contribution in [-0.4, -0.2) is 41.9 Å². The summed E-state index contributed by atoms with van der Waals surface area (Å²) in [7, 11) is 0. The molecule has 0 spiro atoms. The van der Waals surface area contributed by atoms with Crippen LogP contribution in [0.2, 0.25) is 0 Å². The SMILES string of the molecule is Cc1ccc(CN2C(=O)CCC2C(=O)NC2CCNC2)cc1. The number of aryl methyl sites for hydroxylation is 1. The Balaban J connectivity index is 1.66. The summed E-state index contributed by atoms with van der Waals surface area (Å²) in [4.78, 5) is 26.3. The molecular weight excluding hydrogens is 278 g/mol. The van der Waals surface area contributed by atoms with Gasteiger partial charge in [0.05, 0.1) is 0 Å². The van der Waals surface area contributed by atoms with E-state index in [0.29, 0.717) is 19.4 Å². The van der Waals surface area contributed by atoms with Crippen LogP contribution in [0.1, 0.15) is 30.4 Å². The molecule has 2 amide bonds. The lowest BCUT2D eigenvalue weighted by molar-refractivity contribution is -0.136. The van der Waals surface area contributed by atoms with Crippen molar-refractivity contribution in [1.29, 1.82) is 0 Å². The van der Waals surface area contributed by atoms with E-state index in [0.717, 1.165) is 25.1 Å². The average Bonchev–Trinajstić information content (AvgIpc) is 3.12. The number of carbonyl (C=O) groups is 2. The lowest BCUT2D eigenvalue weighted by Crippen LogP contribution is -2.48. The van der Waals surface area contributed by atoms with E-state index in [9.17, 15) is 9.59 Å². The molecule has 5 heteroatoms. The molecule has 118 valence electrons. The van der Waals surface area contributed by atoms with E-state index in [-0.39, 0.29) is 23.9 Å². The van der Waals surface area contributed by atoms with E-state index < -0.39 is 0 Å². The molecule has 1 aromatic carbocycles. The third-order valence-corrected chi connectivity index (χ3v) is 4.51. The summed E-state index contributed by atoms with van der Waals surface area (Å²) in [6.07, 6.45) is 2.05. The first-order valence-corrected chi connectivity index (χ1v) is 7.99. The Labute approximate surface area is 131 Å². The first-order valence-electron chi connectivity index (χ1n) is 7.99. The molecule has 2 saturated heterocycles. The van der Waals surface area contributed by atoms with Gasteiger partial charge < -0.3 is 15.5 Å². The first kappa shape index (κ1) is 15.0. The van der Waals surface area contributed by atoms with Crippen LogP contribution in [0, 0.1) is 6.92 Å². The Hall–Kier alpha value is -1.88. The van der Waals surface area contributed by atoms with Gasteiger partial charge in [-0.15, -0.1) is 0 Å². The number of benzene rings is 1. The van der Waals surface area contributed by atoms with Gasteiger partial charge in [0.2, 0.25) is 11.8 Å². The van der Waals surface area contributed by atoms with Crippen LogP contribution < -0.4 is 10.6 Å². The fourth-order valence-electron chi connectivity index (χ4n) is 3.17. The Kier molecular flexibility index (Phi) is 4.43. The molecule has 0 aliphatic carbocycles. The third-order valence-electron chi connectivity index (χ3n) is 4.51. The molecule has 0 bridgehead atoms. The molecule has 2 aliphatic rings. The van der Waals surface area contributed by atoms with E-state index in [4.69, 9.17) is 0 Å². The van der Waals surface area contributed by atoms with Gasteiger partial charge in [0.25, 0.3) is 0 Å².